The van der Waals surface area contributed by atoms with Crippen molar-refractivity contribution in [2.75, 3.05) is 20.2 Å². The van der Waals surface area contributed by atoms with Crippen molar-refractivity contribution < 1.29 is 33.4 Å². The fraction of sp³-hybridized carbons (Fsp3) is 0.618. The molecular formula is C34H49N5O7. The van der Waals surface area contributed by atoms with Gasteiger partial charge in [-0.25, -0.2) is 4.79 Å². The first-order valence-corrected chi connectivity index (χ1v) is 16.3. The molecule has 5 atom stereocenters. The number of methoxy groups -OCH3 is 1. The van der Waals surface area contributed by atoms with Crippen molar-refractivity contribution in [1.29, 1.82) is 0 Å². The minimum Gasteiger partial charge on any atom is -0.444 e. The summed E-state index contributed by atoms with van der Waals surface area (Å²) in [5.41, 5.74) is -0.938. The molecule has 0 spiro atoms. The Labute approximate surface area is 271 Å². The molecule has 2 aliphatic heterocycles. The Balaban J connectivity index is 1.45. The minimum atomic E-state index is -1.18. The Hall–Kier alpha value is -3.93. The zero-order valence-corrected chi connectivity index (χ0v) is 27.4. The number of carbonyl (C=O) groups excluding carboxylic acids is 5. The average molecular weight is 640 g/mol. The van der Waals surface area contributed by atoms with Crippen LogP contribution in [0.25, 0.3) is 0 Å². The second kappa shape index (κ2) is 15.6. The van der Waals surface area contributed by atoms with Gasteiger partial charge in [-0.2, -0.15) is 0 Å². The topological polar surface area (TPSA) is 155 Å². The van der Waals surface area contributed by atoms with Gasteiger partial charge >= 0.3 is 6.09 Å². The fourth-order valence-corrected chi connectivity index (χ4v) is 6.03. The molecule has 2 heterocycles. The van der Waals surface area contributed by atoms with E-state index in [1.165, 1.54) is 12.0 Å². The van der Waals surface area contributed by atoms with Gasteiger partial charge in [0, 0.05) is 45.5 Å². The van der Waals surface area contributed by atoms with Crippen LogP contribution in [0.3, 0.4) is 0 Å². The van der Waals surface area contributed by atoms with E-state index in [0.717, 1.165) is 24.8 Å². The number of alkyl carbamates (subject to hydrolysis) is 1. The third-order valence-electron chi connectivity index (χ3n) is 8.64. The zero-order valence-electron chi connectivity index (χ0n) is 27.4. The summed E-state index contributed by atoms with van der Waals surface area (Å²) in [6, 6.07) is 7.80. The summed E-state index contributed by atoms with van der Waals surface area (Å²) in [5, 5.41) is 11.4. The van der Waals surface area contributed by atoms with E-state index in [4.69, 9.17) is 9.47 Å². The van der Waals surface area contributed by atoms with Gasteiger partial charge in [-0.05, 0) is 52.0 Å². The van der Waals surface area contributed by atoms with E-state index < -0.39 is 35.2 Å². The summed E-state index contributed by atoms with van der Waals surface area (Å²) in [5.74, 6) is -1.60. The van der Waals surface area contributed by atoms with Crippen LogP contribution in [0, 0.1) is 5.92 Å². The average Bonchev–Trinajstić information content (AvgIpc) is 3.52. The van der Waals surface area contributed by atoms with Gasteiger partial charge in [-0.15, -0.1) is 0 Å². The van der Waals surface area contributed by atoms with Crippen LogP contribution in [-0.4, -0.2) is 84.1 Å². The molecule has 1 aliphatic carbocycles. The molecule has 2 fully saturated rings. The van der Waals surface area contributed by atoms with E-state index >= 15 is 0 Å². The van der Waals surface area contributed by atoms with E-state index in [9.17, 15) is 24.0 Å². The highest BCUT2D eigenvalue weighted by atomic mass is 16.6. The van der Waals surface area contributed by atoms with Crippen LogP contribution in [0.2, 0.25) is 0 Å². The lowest BCUT2D eigenvalue weighted by Crippen LogP contribution is -2.58. The number of amides is 5. The second-order valence-electron chi connectivity index (χ2n) is 13.4. The first-order valence-electron chi connectivity index (χ1n) is 16.3. The molecule has 12 nitrogen and oxygen atoms in total. The van der Waals surface area contributed by atoms with Crippen molar-refractivity contribution >= 4 is 29.7 Å². The Kier molecular flexibility index (Phi) is 11.8. The Bertz CT molecular complexity index is 1280. The van der Waals surface area contributed by atoms with Crippen molar-refractivity contribution in [1.82, 2.24) is 26.2 Å². The van der Waals surface area contributed by atoms with Gasteiger partial charge < -0.3 is 35.6 Å². The number of nitrogens with zero attached hydrogens (tertiary/aromatic N) is 1. The number of hydrogen-bond acceptors (Lipinski definition) is 7. The maximum absolute atomic E-state index is 13.9. The molecule has 1 aromatic carbocycles. The number of benzene rings is 1. The molecule has 0 unspecified atom stereocenters. The van der Waals surface area contributed by atoms with Crippen LogP contribution in [0.5, 0.6) is 0 Å². The molecule has 5 amide bonds. The number of nitrogens with one attached hydrogen (secondary N) is 4. The van der Waals surface area contributed by atoms with Gasteiger partial charge in [0.2, 0.25) is 23.6 Å². The van der Waals surface area contributed by atoms with Crippen molar-refractivity contribution in [2.24, 2.45) is 5.92 Å². The summed E-state index contributed by atoms with van der Waals surface area (Å²) in [7, 11) is 1.53. The minimum absolute atomic E-state index is 0.0928. The molecule has 46 heavy (non-hydrogen) atoms. The highest BCUT2D eigenvalue weighted by Crippen LogP contribution is 2.45. The molecule has 0 aromatic heterocycles. The Morgan fingerprint density at radius 3 is 2.54 bits per heavy atom. The van der Waals surface area contributed by atoms with Crippen molar-refractivity contribution in [3.05, 3.63) is 48.0 Å². The van der Waals surface area contributed by atoms with Crippen LogP contribution in [0.4, 0.5) is 4.79 Å². The first-order chi connectivity index (χ1) is 21.9. The number of carbonyl (C=O) groups is 5. The van der Waals surface area contributed by atoms with Crippen LogP contribution < -0.4 is 21.3 Å². The van der Waals surface area contributed by atoms with Crippen molar-refractivity contribution in [2.45, 2.75) is 108 Å². The molecule has 1 saturated heterocycles. The summed E-state index contributed by atoms with van der Waals surface area (Å²) in [4.78, 5) is 67.9. The number of ether oxygens (including phenoxy) is 2. The van der Waals surface area contributed by atoms with Crippen molar-refractivity contribution in [3.63, 3.8) is 0 Å². The van der Waals surface area contributed by atoms with E-state index in [1.807, 2.05) is 42.5 Å². The molecular weight excluding hydrogens is 590 g/mol. The molecule has 4 rings (SSSR count). The Morgan fingerprint density at radius 2 is 1.83 bits per heavy atom. The highest BCUT2D eigenvalue weighted by molar-refractivity contribution is 5.98. The van der Waals surface area contributed by atoms with Gasteiger partial charge in [-0.1, -0.05) is 55.3 Å². The molecule has 1 saturated carbocycles. The molecule has 3 aliphatic rings. The maximum atomic E-state index is 13.9. The van der Waals surface area contributed by atoms with E-state index in [2.05, 4.69) is 21.3 Å². The first kappa shape index (κ1) is 34.9. The molecule has 0 bridgehead atoms. The molecule has 1 aromatic rings. The van der Waals surface area contributed by atoms with Gasteiger partial charge in [0.25, 0.3) is 0 Å². The summed E-state index contributed by atoms with van der Waals surface area (Å²) >= 11 is 0. The van der Waals surface area contributed by atoms with Crippen LogP contribution in [0.15, 0.2) is 42.5 Å². The lowest BCUT2D eigenvalue weighted by atomic mass is 10.0. The quantitative estimate of drug-likeness (QED) is 0.319. The van der Waals surface area contributed by atoms with E-state index in [-0.39, 0.29) is 55.7 Å². The van der Waals surface area contributed by atoms with Gasteiger partial charge in [0.05, 0.1) is 6.10 Å². The van der Waals surface area contributed by atoms with Crippen LogP contribution in [0.1, 0.15) is 77.7 Å². The number of allylic oxidation sites excluding steroid dienone is 1. The van der Waals surface area contributed by atoms with Gasteiger partial charge in [0.1, 0.15) is 23.2 Å². The largest absolute Gasteiger partial charge is 0.444 e. The smallest absolute Gasteiger partial charge is 0.408 e. The number of hydrogen-bond donors (Lipinski definition) is 4. The maximum Gasteiger partial charge on any atom is 0.408 e. The number of fused-ring (bicyclic) bond motifs is 2. The monoisotopic (exact) mass is 639 g/mol. The Morgan fingerprint density at radius 1 is 1.07 bits per heavy atom. The summed E-state index contributed by atoms with van der Waals surface area (Å²) in [6.45, 7) is 5.95. The molecule has 0 radical (unpaired) electrons. The SMILES string of the molecule is CO[C@@H]1C[C@H]2C(=O)N[C@]3(C(=O)NCCC(=O)NCc4ccccc4)C[C@@H]3/C=C\CCCCC[C@H](NC(=O)OC(C)(C)C)C(=O)N2C1. The molecule has 4 N–H and O–H groups in total. The standard InChI is InChI=1S/C34H49N5O7/c1-33(2,3)46-32(44)37-26-16-12-7-5-6-11-15-24-20-34(24,38-29(41)27-19-25(45-4)22-39(27)30(26)42)31(43)35-18-17-28(40)36-21-23-13-9-8-10-14-23/h8-11,13-15,24-27H,5-7,12,16-22H2,1-4H3,(H,35,43)(H,36,40)(H,37,44)(H,38,41)/b15-11-/t24-,25+,26-,27-,34+/m0/s1. The van der Waals surface area contributed by atoms with E-state index in [0.29, 0.717) is 25.8 Å². The predicted octanol–water partition coefficient (Wildman–Crippen LogP) is 2.71. The summed E-state index contributed by atoms with van der Waals surface area (Å²) in [6.07, 6.45) is 7.31. The van der Waals surface area contributed by atoms with Gasteiger partial charge in [-0.3, -0.25) is 19.2 Å². The summed E-state index contributed by atoms with van der Waals surface area (Å²) < 4.78 is 11.0. The predicted molar refractivity (Wildman–Crippen MR) is 171 cm³/mol. The highest BCUT2D eigenvalue weighted by Gasteiger charge is 2.60. The zero-order chi connectivity index (χ0) is 33.3. The third-order valence-corrected chi connectivity index (χ3v) is 8.64. The molecule has 12 heteroatoms. The fourth-order valence-electron chi connectivity index (χ4n) is 6.03. The number of rotatable bonds is 8. The van der Waals surface area contributed by atoms with Crippen LogP contribution >= 0.6 is 0 Å². The van der Waals surface area contributed by atoms with Crippen LogP contribution in [-0.2, 0) is 35.2 Å². The normalized spacial score (nSPS) is 27.5. The van der Waals surface area contributed by atoms with Gasteiger partial charge in [0.15, 0.2) is 0 Å². The second-order valence-corrected chi connectivity index (χ2v) is 13.4. The van der Waals surface area contributed by atoms with E-state index in [1.54, 1.807) is 20.8 Å². The lowest BCUT2D eigenvalue weighted by molar-refractivity contribution is -0.141. The molecule has 252 valence electrons. The third kappa shape index (κ3) is 9.54. The lowest BCUT2D eigenvalue weighted by Gasteiger charge is -2.30. The van der Waals surface area contributed by atoms with Crippen molar-refractivity contribution in [3.8, 4) is 0 Å².